The van der Waals surface area contributed by atoms with Gasteiger partial charge in [-0.25, -0.2) is 0 Å². The molecule has 86 valence electrons. The van der Waals surface area contributed by atoms with Crippen molar-refractivity contribution < 1.29 is 0 Å². The first kappa shape index (κ1) is 10.4. The quantitative estimate of drug-likeness (QED) is 0.806. The Labute approximate surface area is 102 Å². The van der Waals surface area contributed by atoms with Crippen molar-refractivity contribution in [1.29, 1.82) is 0 Å². The third-order valence-electron chi connectivity index (χ3n) is 3.66. The fourth-order valence-electron chi connectivity index (χ4n) is 2.99. The van der Waals surface area contributed by atoms with Crippen LogP contribution in [0.3, 0.4) is 0 Å². The second-order valence-electron chi connectivity index (χ2n) is 5.01. The van der Waals surface area contributed by atoms with E-state index < -0.39 is 0 Å². The van der Waals surface area contributed by atoms with E-state index in [4.69, 9.17) is 11.6 Å². The minimum absolute atomic E-state index is 0.812. The van der Waals surface area contributed by atoms with Crippen LogP contribution in [0, 0.1) is 11.8 Å². The summed E-state index contributed by atoms with van der Waals surface area (Å²) in [5, 5.41) is 4.36. The maximum absolute atomic E-state index is 6.05. The van der Waals surface area contributed by atoms with Crippen molar-refractivity contribution in [2.45, 2.75) is 6.42 Å². The summed E-state index contributed by atoms with van der Waals surface area (Å²) in [4.78, 5) is 2.49. The molecule has 2 aliphatic heterocycles. The van der Waals surface area contributed by atoms with Crippen molar-refractivity contribution in [2.24, 2.45) is 11.8 Å². The highest BCUT2D eigenvalue weighted by atomic mass is 35.5. The van der Waals surface area contributed by atoms with Gasteiger partial charge >= 0.3 is 0 Å². The van der Waals surface area contributed by atoms with E-state index in [-0.39, 0.29) is 0 Å². The van der Waals surface area contributed by atoms with Crippen molar-refractivity contribution in [1.82, 2.24) is 5.32 Å². The Kier molecular flexibility index (Phi) is 2.78. The zero-order valence-corrected chi connectivity index (χ0v) is 10.1. The van der Waals surface area contributed by atoms with E-state index in [2.05, 4.69) is 22.3 Å². The molecule has 2 saturated heterocycles. The van der Waals surface area contributed by atoms with Gasteiger partial charge in [-0.3, -0.25) is 0 Å². The molecular formula is C13H17ClN2. The Hall–Kier alpha value is -0.730. The zero-order chi connectivity index (χ0) is 11.0. The first-order chi connectivity index (χ1) is 7.81. The average molecular weight is 237 g/mol. The normalized spacial score (nSPS) is 29.2. The number of nitrogens with one attached hydrogen (secondary N) is 1. The maximum atomic E-state index is 6.05. The molecule has 0 amide bonds. The number of piperidine rings is 2. The van der Waals surface area contributed by atoms with Gasteiger partial charge in [-0.2, -0.15) is 0 Å². The molecule has 1 aromatic carbocycles. The predicted molar refractivity (Wildman–Crippen MR) is 68.1 cm³/mol. The van der Waals surface area contributed by atoms with Gasteiger partial charge in [-0.15, -0.1) is 0 Å². The molecule has 2 heterocycles. The second kappa shape index (κ2) is 4.27. The maximum Gasteiger partial charge on any atom is 0.0426 e. The summed E-state index contributed by atoms with van der Waals surface area (Å²) in [5.41, 5.74) is 1.28. The summed E-state index contributed by atoms with van der Waals surface area (Å²) in [6, 6.07) is 8.23. The first-order valence-corrected chi connectivity index (χ1v) is 6.40. The highest BCUT2D eigenvalue weighted by molar-refractivity contribution is 6.30. The van der Waals surface area contributed by atoms with E-state index in [0.717, 1.165) is 16.9 Å². The number of fused-ring (bicyclic) bond motifs is 2. The highest BCUT2D eigenvalue weighted by Gasteiger charge is 2.30. The van der Waals surface area contributed by atoms with Gasteiger partial charge in [0.25, 0.3) is 0 Å². The topological polar surface area (TPSA) is 15.3 Å². The van der Waals surface area contributed by atoms with Gasteiger partial charge < -0.3 is 10.2 Å². The molecule has 1 aromatic rings. The third-order valence-corrected chi connectivity index (χ3v) is 3.90. The number of halogens is 1. The van der Waals surface area contributed by atoms with Crippen molar-refractivity contribution in [3.63, 3.8) is 0 Å². The monoisotopic (exact) mass is 236 g/mol. The van der Waals surface area contributed by atoms with Crippen LogP contribution in [0.4, 0.5) is 5.69 Å². The summed E-state index contributed by atoms with van der Waals surface area (Å²) in [5.74, 6) is 1.62. The predicted octanol–water partition coefficient (Wildman–Crippen LogP) is 2.39. The molecule has 2 nitrogen and oxygen atoms in total. The Bertz CT molecular complexity index is 368. The smallest absolute Gasteiger partial charge is 0.0426 e. The van der Waals surface area contributed by atoms with E-state index in [9.17, 15) is 0 Å². The molecular weight excluding hydrogens is 220 g/mol. The van der Waals surface area contributed by atoms with Crippen LogP contribution in [0.1, 0.15) is 6.42 Å². The Morgan fingerprint density at radius 1 is 1.19 bits per heavy atom. The van der Waals surface area contributed by atoms with Crippen LogP contribution in [0.25, 0.3) is 0 Å². The molecule has 3 rings (SSSR count). The minimum Gasteiger partial charge on any atom is -0.371 e. The summed E-state index contributed by atoms with van der Waals surface area (Å²) in [6.45, 7) is 4.69. The number of hydrogen-bond acceptors (Lipinski definition) is 2. The fourth-order valence-corrected chi connectivity index (χ4v) is 3.17. The number of hydrogen-bond donors (Lipinski definition) is 1. The molecule has 0 spiro atoms. The molecule has 0 aliphatic carbocycles. The van der Waals surface area contributed by atoms with Gasteiger partial charge in [0.1, 0.15) is 0 Å². The molecule has 2 fully saturated rings. The molecule has 2 atom stereocenters. The summed E-state index contributed by atoms with van der Waals surface area (Å²) in [7, 11) is 0. The lowest BCUT2D eigenvalue weighted by Crippen LogP contribution is -2.51. The van der Waals surface area contributed by atoms with Crippen LogP contribution in [0.5, 0.6) is 0 Å². The van der Waals surface area contributed by atoms with E-state index in [1.165, 1.54) is 38.3 Å². The van der Waals surface area contributed by atoms with Crippen LogP contribution >= 0.6 is 11.6 Å². The fraction of sp³-hybridized carbons (Fsp3) is 0.538. The number of anilines is 1. The first-order valence-electron chi connectivity index (χ1n) is 6.02. The van der Waals surface area contributed by atoms with Crippen LogP contribution in [-0.4, -0.2) is 26.2 Å². The lowest BCUT2D eigenvalue weighted by atomic mass is 9.85. The van der Waals surface area contributed by atoms with E-state index >= 15 is 0 Å². The second-order valence-corrected chi connectivity index (χ2v) is 5.45. The van der Waals surface area contributed by atoms with Crippen LogP contribution < -0.4 is 10.2 Å². The largest absolute Gasteiger partial charge is 0.371 e. The molecule has 2 unspecified atom stereocenters. The lowest BCUT2D eigenvalue weighted by Gasteiger charge is -2.42. The van der Waals surface area contributed by atoms with Crippen LogP contribution in [-0.2, 0) is 0 Å². The lowest BCUT2D eigenvalue weighted by molar-refractivity contribution is 0.250. The van der Waals surface area contributed by atoms with E-state index in [0.29, 0.717) is 0 Å². The summed E-state index contributed by atoms with van der Waals surface area (Å²) < 4.78 is 0. The number of benzene rings is 1. The van der Waals surface area contributed by atoms with Crippen LogP contribution in [0.2, 0.25) is 5.02 Å². The Morgan fingerprint density at radius 2 is 1.94 bits per heavy atom. The van der Waals surface area contributed by atoms with Crippen molar-refractivity contribution in [3.8, 4) is 0 Å². The molecule has 0 saturated carbocycles. The van der Waals surface area contributed by atoms with Gasteiger partial charge in [0.2, 0.25) is 0 Å². The average Bonchev–Trinajstić information content (AvgIpc) is 2.28. The minimum atomic E-state index is 0.812. The third kappa shape index (κ3) is 2.04. The SMILES string of the molecule is Clc1cccc(N2CC3CNCC(C3)C2)c1. The summed E-state index contributed by atoms with van der Waals surface area (Å²) in [6.07, 6.45) is 1.39. The molecule has 1 N–H and O–H groups in total. The molecule has 2 bridgehead atoms. The molecule has 2 aliphatic rings. The van der Waals surface area contributed by atoms with Gasteiger partial charge in [0.15, 0.2) is 0 Å². The van der Waals surface area contributed by atoms with Crippen molar-refractivity contribution in [3.05, 3.63) is 29.3 Å². The molecule has 16 heavy (non-hydrogen) atoms. The summed E-state index contributed by atoms with van der Waals surface area (Å²) >= 11 is 6.05. The van der Waals surface area contributed by atoms with Crippen LogP contribution in [0.15, 0.2) is 24.3 Å². The molecule has 0 radical (unpaired) electrons. The Balaban J connectivity index is 1.80. The zero-order valence-electron chi connectivity index (χ0n) is 9.32. The van der Waals surface area contributed by atoms with Crippen molar-refractivity contribution in [2.75, 3.05) is 31.1 Å². The van der Waals surface area contributed by atoms with Gasteiger partial charge in [-0.1, -0.05) is 17.7 Å². The number of nitrogens with zero attached hydrogens (tertiary/aromatic N) is 1. The van der Waals surface area contributed by atoms with Gasteiger partial charge in [0, 0.05) is 23.8 Å². The molecule has 0 aromatic heterocycles. The van der Waals surface area contributed by atoms with E-state index in [1.54, 1.807) is 0 Å². The Morgan fingerprint density at radius 3 is 2.62 bits per heavy atom. The van der Waals surface area contributed by atoms with Gasteiger partial charge in [0.05, 0.1) is 0 Å². The number of rotatable bonds is 1. The van der Waals surface area contributed by atoms with E-state index in [1.807, 2.05) is 12.1 Å². The van der Waals surface area contributed by atoms with Gasteiger partial charge in [-0.05, 0) is 49.5 Å². The highest BCUT2D eigenvalue weighted by Crippen LogP contribution is 2.29. The van der Waals surface area contributed by atoms with Crippen molar-refractivity contribution >= 4 is 17.3 Å². The standard InChI is InChI=1S/C13H17ClN2/c14-12-2-1-3-13(5-12)16-8-10-4-11(9-16)7-15-6-10/h1-3,5,10-11,15H,4,6-9H2. The molecule has 3 heteroatoms.